The van der Waals surface area contributed by atoms with Gasteiger partial charge in [-0.05, 0) is 37.3 Å². The lowest BCUT2D eigenvalue weighted by molar-refractivity contribution is 0.683. The van der Waals surface area contributed by atoms with Crippen LogP contribution >= 0.6 is 0 Å². The van der Waals surface area contributed by atoms with E-state index in [2.05, 4.69) is 24.0 Å². The molecule has 0 atom stereocenters. The number of rotatable bonds is 4. The van der Waals surface area contributed by atoms with Crippen LogP contribution in [0.2, 0.25) is 0 Å². The van der Waals surface area contributed by atoms with Crippen LogP contribution in [0.1, 0.15) is 68.3 Å². The fraction of sp³-hybridized carbons (Fsp3) is 0.769. The Morgan fingerprint density at radius 2 is 2.06 bits per heavy atom. The molecule has 0 saturated heterocycles. The molecule has 3 N–H and O–H groups in total. The summed E-state index contributed by atoms with van der Waals surface area (Å²) in [7, 11) is 0. The number of hydrogen-bond acceptors (Lipinski definition) is 2. The molecule has 1 heterocycles. The minimum Gasteiger partial charge on any atom is -0.330 e. The van der Waals surface area contributed by atoms with E-state index >= 15 is 0 Å². The van der Waals surface area contributed by atoms with Gasteiger partial charge in [0.25, 0.3) is 0 Å². The molecule has 16 heavy (non-hydrogen) atoms. The maximum atomic E-state index is 5.71. The molecule has 1 aromatic heterocycles. The summed E-state index contributed by atoms with van der Waals surface area (Å²) < 4.78 is 0. The molecule has 1 saturated carbocycles. The van der Waals surface area contributed by atoms with Crippen molar-refractivity contribution in [2.24, 2.45) is 5.73 Å². The molecular weight excluding hydrogens is 198 g/mol. The van der Waals surface area contributed by atoms with Gasteiger partial charge in [-0.3, -0.25) is 5.10 Å². The lowest BCUT2D eigenvalue weighted by Gasteiger charge is -2.11. The molecule has 0 aromatic carbocycles. The first kappa shape index (κ1) is 11.6. The second-order valence-electron chi connectivity index (χ2n) is 5.18. The molecular formula is C13H23N3. The average molecular weight is 221 g/mol. The molecule has 0 unspecified atom stereocenters. The maximum Gasteiger partial charge on any atom is 0.0682 e. The third-order valence-electron chi connectivity index (χ3n) is 3.64. The number of nitrogens with two attached hydrogens (primary N) is 1. The minimum absolute atomic E-state index is 0.493. The molecule has 3 heteroatoms. The smallest absolute Gasteiger partial charge is 0.0682 e. The van der Waals surface area contributed by atoms with Gasteiger partial charge >= 0.3 is 0 Å². The first-order valence-electron chi connectivity index (χ1n) is 6.51. The van der Waals surface area contributed by atoms with Crippen LogP contribution in [-0.4, -0.2) is 16.7 Å². The van der Waals surface area contributed by atoms with Gasteiger partial charge in [-0.25, -0.2) is 0 Å². The van der Waals surface area contributed by atoms with Gasteiger partial charge in [0.2, 0.25) is 0 Å². The van der Waals surface area contributed by atoms with Crippen LogP contribution in [0.5, 0.6) is 0 Å². The van der Waals surface area contributed by atoms with Gasteiger partial charge in [0.15, 0.2) is 0 Å². The van der Waals surface area contributed by atoms with E-state index in [1.54, 1.807) is 0 Å². The molecule has 1 fully saturated rings. The quantitative estimate of drug-likeness (QED) is 0.821. The molecule has 0 aliphatic heterocycles. The van der Waals surface area contributed by atoms with E-state index in [0.29, 0.717) is 11.8 Å². The Balaban J connectivity index is 2.29. The van der Waals surface area contributed by atoms with Gasteiger partial charge in [0, 0.05) is 11.6 Å². The minimum atomic E-state index is 0.493. The van der Waals surface area contributed by atoms with E-state index in [1.165, 1.54) is 42.6 Å². The van der Waals surface area contributed by atoms with E-state index in [1.807, 2.05) is 0 Å². The predicted molar refractivity (Wildman–Crippen MR) is 66.6 cm³/mol. The number of hydrogen-bond donors (Lipinski definition) is 2. The Hall–Kier alpha value is -0.830. The van der Waals surface area contributed by atoms with Gasteiger partial charge < -0.3 is 5.73 Å². The molecule has 90 valence electrons. The Bertz CT molecular complexity index is 335. The van der Waals surface area contributed by atoms with E-state index in [0.717, 1.165) is 13.0 Å². The number of nitrogens with one attached hydrogen (secondary N) is 1. The highest BCUT2D eigenvalue weighted by Crippen LogP contribution is 2.36. The van der Waals surface area contributed by atoms with Crippen molar-refractivity contribution in [1.82, 2.24) is 10.2 Å². The number of H-pyrrole nitrogens is 1. The van der Waals surface area contributed by atoms with Crippen molar-refractivity contribution in [3.05, 3.63) is 17.0 Å². The van der Waals surface area contributed by atoms with E-state index in [-0.39, 0.29) is 0 Å². The van der Waals surface area contributed by atoms with Gasteiger partial charge in [-0.2, -0.15) is 5.10 Å². The molecule has 0 spiro atoms. The Kier molecular flexibility index (Phi) is 3.64. The van der Waals surface area contributed by atoms with E-state index < -0.39 is 0 Å². The van der Waals surface area contributed by atoms with Crippen LogP contribution in [0.3, 0.4) is 0 Å². The Morgan fingerprint density at radius 1 is 1.38 bits per heavy atom. The molecule has 0 bridgehead atoms. The van der Waals surface area contributed by atoms with Crippen molar-refractivity contribution < 1.29 is 0 Å². The molecule has 1 aliphatic carbocycles. The summed E-state index contributed by atoms with van der Waals surface area (Å²) in [5.74, 6) is 1.20. The van der Waals surface area contributed by atoms with Crippen molar-refractivity contribution in [2.45, 2.75) is 57.8 Å². The number of aromatic nitrogens is 2. The SMILES string of the molecule is CC(C)c1n[nH]c(C2CCCC2)c1CCN. The van der Waals surface area contributed by atoms with Crippen LogP contribution in [0.4, 0.5) is 0 Å². The van der Waals surface area contributed by atoms with Crippen LogP contribution in [0.25, 0.3) is 0 Å². The maximum absolute atomic E-state index is 5.71. The van der Waals surface area contributed by atoms with Crippen molar-refractivity contribution in [2.75, 3.05) is 6.54 Å². The Labute approximate surface area is 97.8 Å². The summed E-state index contributed by atoms with van der Waals surface area (Å²) in [6, 6.07) is 0. The normalized spacial score (nSPS) is 17.5. The number of nitrogens with zero attached hydrogens (tertiary/aromatic N) is 1. The van der Waals surface area contributed by atoms with Gasteiger partial charge in [0.1, 0.15) is 0 Å². The van der Waals surface area contributed by atoms with Crippen molar-refractivity contribution >= 4 is 0 Å². The average Bonchev–Trinajstić information content (AvgIpc) is 2.84. The summed E-state index contributed by atoms with van der Waals surface area (Å²) in [5, 5.41) is 7.78. The zero-order valence-corrected chi connectivity index (χ0v) is 10.4. The zero-order valence-electron chi connectivity index (χ0n) is 10.4. The van der Waals surface area contributed by atoms with E-state index in [9.17, 15) is 0 Å². The molecule has 2 rings (SSSR count). The van der Waals surface area contributed by atoms with Crippen LogP contribution in [0, 0.1) is 0 Å². The first-order chi connectivity index (χ1) is 7.74. The summed E-state index contributed by atoms with van der Waals surface area (Å²) in [4.78, 5) is 0. The number of aromatic amines is 1. The fourth-order valence-corrected chi connectivity index (χ4v) is 2.83. The zero-order chi connectivity index (χ0) is 11.5. The predicted octanol–water partition coefficient (Wildman–Crippen LogP) is 2.69. The highest BCUT2D eigenvalue weighted by Gasteiger charge is 2.24. The summed E-state index contributed by atoms with van der Waals surface area (Å²) in [5.41, 5.74) is 9.73. The van der Waals surface area contributed by atoms with Gasteiger partial charge in [0.05, 0.1) is 5.69 Å². The van der Waals surface area contributed by atoms with Crippen molar-refractivity contribution in [3.8, 4) is 0 Å². The second kappa shape index (κ2) is 5.00. The third kappa shape index (κ3) is 2.14. The topological polar surface area (TPSA) is 54.7 Å². The van der Waals surface area contributed by atoms with Crippen LogP contribution < -0.4 is 5.73 Å². The van der Waals surface area contributed by atoms with Crippen molar-refractivity contribution in [3.63, 3.8) is 0 Å². The highest BCUT2D eigenvalue weighted by atomic mass is 15.1. The summed E-state index contributed by atoms with van der Waals surface area (Å²) >= 11 is 0. The standard InChI is InChI=1S/C13H23N3/c1-9(2)12-11(7-8-14)13(16-15-12)10-5-3-4-6-10/h9-10H,3-8,14H2,1-2H3,(H,15,16). The molecule has 3 nitrogen and oxygen atoms in total. The van der Waals surface area contributed by atoms with Crippen LogP contribution in [-0.2, 0) is 6.42 Å². The molecule has 0 radical (unpaired) electrons. The molecule has 1 aromatic rings. The first-order valence-corrected chi connectivity index (χ1v) is 6.51. The highest BCUT2D eigenvalue weighted by molar-refractivity contribution is 5.31. The Morgan fingerprint density at radius 3 is 2.62 bits per heavy atom. The largest absolute Gasteiger partial charge is 0.330 e. The van der Waals surface area contributed by atoms with Crippen molar-refractivity contribution in [1.29, 1.82) is 0 Å². The van der Waals surface area contributed by atoms with Gasteiger partial charge in [-0.1, -0.05) is 26.7 Å². The second-order valence-corrected chi connectivity index (χ2v) is 5.18. The summed E-state index contributed by atoms with van der Waals surface area (Å²) in [6.45, 7) is 5.13. The fourth-order valence-electron chi connectivity index (χ4n) is 2.83. The van der Waals surface area contributed by atoms with Crippen LogP contribution in [0.15, 0.2) is 0 Å². The molecule has 1 aliphatic rings. The lowest BCUT2D eigenvalue weighted by atomic mass is 9.94. The third-order valence-corrected chi connectivity index (χ3v) is 3.64. The van der Waals surface area contributed by atoms with Gasteiger partial charge in [-0.15, -0.1) is 0 Å². The molecule has 0 amide bonds. The monoisotopic (exact) mass is 221 g/mol. The lowest BCUT2D eigenvalue weighted by Crippen LogP contribution is -2.08. The van der Waals surface area contributed by atoms with E-state index in [4.69, 9.17) is 5.73 Å². The summed E-state index contributed by atoms with van der Waals surface area (Å²) in [6.07, 6.45) is 6.33.